The van der Waals surface area contributed by atoms with Crippen LogP contribution in [0.15, 0.2) is 24.3 Å². The molecule has 0 aliphatic rings. The maximum Gasteiger partial charge on any atom is 0.422 e. The molecule has 0 fully saturated rings. The fourth-order valence-electron chi connectivity index (χ4n) is 1.42. The number of ether oxygens (including phenoxy) is 1. The number of hydrogen-bond acceptors (Lipinski definition) is 3. The van der Waals surface area contributed by atoms with E-state index in [1.807, 2.05) is 0 Å². The average Bonchev–Trinajstić information content (AvgIpc) is 2.36. The number of rotatable bonds is 5. The predicted octanol–water partition coefficient (Wildman–Crippen LogP) is 2.55. The quantitative estimate of drug-likeness (QED) is 0.820. The number of benzene rings is 1. The number of urea groups is 1. The minimum atomic E-state index is -4.37. The monoisotopic (exact) mass is 292 g/mol. The fraction of sp³-hybridized carbons (Fsp3) is 0.417. The highest BCUT2D eigenvalue weighted by Crippen LogP contribution is 2.20. The molecule has 0 bridgehead atoms. The molecule has 20 heavy (non-hydrogen) atoms. The summed E-state index contributed by atoms with van der Waals surface area (Å²) >= 11 is 0. The van der Waals surface area contributed by atoms with Gasteiger partial charge in [-0.2, -0.15) is 13.2 Å². The van der Waals surface area contributed by atoms with Crippen molar-refractivity contribution >= 4 is 6.03 Å². The molecular weight excluding hydrogens is 277 g/mol. The second kappa shape index (κ2) is 6.99. The van der Waals surface area contributed by atoms with Gasteiger partial charge in [-0.25, -0.2) is 10.3 Å². The summed E-state index contributed by atoms with van der Waals surface area (Å²) in [6.45, 7) is 0.386. The molecule has 0 spiro atoms. The Balaban J connectivity index is 2.55. The molecule has 1 aromatic carbocycles. The van der Waals surface area contributed by atoms with E-state index in [9.17, 15) is 18.0 Å². The highest BCUT2D eigenvalue weighted by Gasteiger charge is 2.28. The number of hydroxylamine groups is 1. The van der Waals surface area contributed by atoms with Crippen LogP contribution in [-0.2, 0) is 4.84 Å². The van der Waals surface area contributed by atoms with E-state index in [2.05, 4.69) is 20.4 Å². The number of halogens is 3. The standard InChI is InChI=1S/C12H15F3N2O3/c1-8(16-11(18)17-19-2)9-3-5-10(6-4-9)20-7-12(13,14)15/h3-6,8H,7H2,1-2H3,(H2,16,17,18). The largest absolute Gasteiger partial charge is 0.484 e. The molecule has 0 aromatic heterocycles. The molecule has 2 N–H and O–H groups in total. The minimum Gasteiger partial charge on any atom is -0.484 e. The summed E-state index contributed by atoms with van der Waals surface area (Å²) in [4.78, 5) is 15.6. The molecule has 0 saturated heterocycles. The van der Waals surface area contributed by atoms with E-state index in [-0.39, 0.29) is 11.8 Å². The number of amides is 2. The van der Waals surface area contributed by atoms with Gasteiger partial charge in [0.25, 0.3) is 0 Å². The van der Waals surface area contributed by atoms with Crippen molar-refractivity contribution in [1.29, 1.82) is 0 Å². The Labute approximate surface area is 114 Å². The summed E-state index contributed by atoms with van der Waals surface area (Å²) < 4.78 is 40.5. The SMILES string of the molecule is CONC(=O)NC(C)c1ccc(OCC(F)(F)F)cc1. The first kappa shape index (κ1) is 16.1. The van der Waals surface area contributed by atoms with E-state index in [1.54, 1.807) is 19.1 Å². The normalized spacial score (nSPS) is 12.7. The second-order valence-corrected chi connectivity index (χ2v) is 3.97. The van der Waals surface area contributed by atoms with Crippen LogP contribution in [-0.4, -0.2) is 25.9 Å². The fourth-order valence-corrected chi connectivity index (χ4v) is 1.42. The van der Waals surface area contributed by atoms with Crippen LogP contribution < -0.4 is 15.5 Å². The van der Waals surface area contributed by atoms with Crippen molar-refractivity contribution in [2.24, 2.45) is 0 Å². The molecule has 2 amide bonds. The lowest BCUT2D eigenvalue weighted by Crippen LogP contribution is -2.36. The van der Waals surface area contributed by atoms with Gasteiger partial charge in [-0.15, -0.1) is 0 Å². The van der Waals surface area contributed by atoms with Gasteiger partial charge in [0.05, 0.1) is 13.2 Å². The molecule has 0 aliphatic heterocycles. The van der Waals surface area contributed by atoms with Crippen LogP contribution in [0.1, 0.15) is 18.5 Å². The Morgan fingerprint density at radius 3 is 2.40 bits per heavy atom. The zero-order chi connectivity index (χ0) is 15.2. The molecule has 5 nitrogen and oxygen atoms in total. The highest BCUT2D eigenvalue weighted by atomic mass is 19.4. The Morgan fingerprint density at radius 2 is 1.90 bits per heavy atom. The zero-order valence-electron chi connectivity index (χ0n) is 11.0. The molecule has 1 unspecified atom stereocenters. The molecule has 1 rings (SSSR count). The average molecular weight is 292 g/mol. The summed E-state index contributed by atoms with van der Waals surface area (Å²) in [5.74, 6) is 0.111. The van der Waals surface area contributed by atoms with Crippen molar-refractivity contribution < 1.29 is 27.5 Å². The number of nitrogens with one attached hydrogen (secondary N) is 2. The lowest BCUT2D eigenvalue weighted by atomic mass is 10.1. The summed E-state index contributed by atoms with van der Waals surface area (Å²) in [5.41, 5.74) is 2.81. The van der Waals surface area contributed by atoms with Crippen LogP contribution in [0.3, 0.4) is 0 Å². The van der Waals surface area contributed by atoms with Crippen molar-refractivity contribution in [1.82, 2.24) is 10.8 Å². The van der Waals surface area contributed by atoms with Crippen LogP contribution >= 0.6 is 0 Å². The molecule has 1 aromatic rings. The number of carbonyl (C=O) groups excluding carboxylic acids is 1. The molecule has 8 heteroatoms. The van der Waals surface area contributed by atoms with Gasteiger partial charge in [0.2, 0.25) is 0 Å². The first-order valence-electron chi connectivity index (χ1n) is 5.71. The van der Waals surface area contributed by atoms with Gasteiger partial charge >= 0.3 is 12.2 Å². The van der Waals surface area contributed by atoms with E-state index < -0.39 is 18.8 Å². The smallest absolute Gasteiger partial charge is 0.422 e. The number of alkyl halides is 3. The maximum atomic E-state index is 12.0. The van der Waals surface area contributed by atoms with Gasteiger partial charge in [-0.1, -0.05) is 12.1 Å². The van der Waals surface area contributed by atoms with Crippen molar-refractivity contribution in [3.05, 3.63) is 29.8 Å². The molecule has 112 valence electrons. The van der Waals surface area contributed by atoms with Crippen LogP contribution in [0.25, 0.3) is 0 Å². The van der Waals surface area contributed by atoms with Gasteiger partial charge < -0.3 is 10.1 Å². The Kier molecular flexibility index (Phi) is 5.63. The lowest BCUT2D eigenvalue weighted by molar-refractivity contribution is -0.153. The van der Waals surface area contributed by atoms with E-state index in [0.717, 1.165) is 5.56 Å². The summed E-state index contributed by atoms with van der Waals surface area (Å²) in [6, 6.07) is 5.12. The van der Waals surface area contributed by atoms with E-state index in [4.69, 9.17) is 0 Å². The van der Waals surface area contributed by atoms with Crippen molar-refractivity contribution in [2.75, 3.05) is 13.7 Å². The molecular formula is C12H15F3N2O3. The summed E-state index contributed by atoms with van der Waals surface area (Å²) in [6.07, 6.45) is -4.37. The minimum absolute atomic E-state index is 0.111. The molecule has 0 radical (unpaired) electrons. The third kappa shape index (κ3) is 5.79. The van der Waals surface area contributed by atoms with Crippen LogP contribution in [0.5, 0.6) is 5.75 Å². The summed E-state index contributed by atoms with van der Waals surface area (Å²) in [5, 5.41) is 2.58. The molecule has 0 aliphatic carbocycles. The van der Waals surface area contributed by atoms with Gasteiger partial charge in [0, 0.05) is 0 Å². The van der Waals surface area contributed by atoms with E-state index >= 15 is 0 Å². The zero-order valence-corrected chi connectivity index (χ0v) is 11.0. The predicted molar refractivity (Wildman–Crippen MR) is 65.1 cm³/mol. The van der Waals surface area contributed by atoms with Crippen molar-refractivity contribution in [2.45, 2.75) is 19.1 Å². The molecule has 0 saturated carbocycles. The first-order chi connectivity index (χ1) is 9.31. The number of hydrogen-bond donors (Lipinski definition) is 2. The van der Waals surface area contributed by atoms with Gasteiger partial charge in [-0.05, 0) is 24.6 Å². The second-order valence-electron chi connectivity index (χ2n) is 3.97. The Bertz CT molecular complexity index is 435. The topological polar surface area (TPSA) is 59.6 Å². The van der Waals surface area contributed by atoms with Crippen molar-refractivity contribution in [3.8, 4) is 5.75 Å². The van der Waals surface area contributed by atoms with Gasteiger partial charge in [0.15, 0.2) is 6.61 Å². The highest BCUT2D eigenvalue weighted by molar-refractivity contribution is 5.73. The molecule has 0 heterocycles. The van der Waals surface area contributed by atoms with Crippen LogP contribution in [0.2, 0.25) is 0 Å². The third-order valence-electron chi connectivity index (χ3n) is 2.32. The summed E-state index contributed by atoms with van der Waals surface area (Å²) in [7, 11) is 1.30. The van der Waals surface area contributed by atoms with E-state index in [1.165, 1.54) is 19.2 Å². The third-order valence-corrected chi connectivity index (χ3v) is 2.32. The van der Waals surface area contributed by atoms with E-state index in [0.29, 0.717) is 0 Å². The van der Waals surface area contributed by atoms with Crippen molar-refractivity contribution in [3.63, 3.8) is 0 Å². The first-order valence-corrected chi connectivity index (χ1v) is 5.71. The Hall–Kier alpha value is -1.96. The van der Waals surface area contributed by atoms with Gasteiger partial charge in [-0.3, -0.25) is 4.84 Å². The van der Waals surface area contributed by atoms with Crippen LogP contribution in [0, 0.1) is 0 Å². The maximum absolute atomic E-state index is 12.0. The lowest BCUT2D eigenvalue weighted by Gasteiger charge is -2.15. The van der Waals surface area contributed by atoms with Crippen LogP contribution in [0.4, 0.5) is 18.0 Å². The Morgan fingerprint density at radius 1 is 1.30 bits per heavy atom. The molecule has 1 atom stereocenters. The number of carbonyl (C=O) groups is 1. The van der Waals surface area contributed by atoms with Gasteiger partial charge in [0.1, 0.15) is 5.75 Å².